The first-order valence-corrected chi connectivity index (χ1v) is 9.55. The van der Waals surface area contributed by atoms with E-state index < -0.39 is 11.6 Å². The highest BCUT2D eigenvalue weighted by atomic mass is 16.6. The van der Waals surface area contributed by atoms with Crippen molar-refractivity contribution < 1.29 is 19.1 Å². The highest BCUT2D eigenvalue weighted by Gasteiger charge is 2.30. The van der Waals surface area contributed by atoms with E-state index in [0.29, 0.717) is 6.54 Å². The van der Waals surface area contributed by atoms with Crippen LogP contribution in [0.1, 0.15) is 26.3 Å². The molecule has 0 saturated carbocycles. The lowest BCUT2D eigenvalue weighted by Crippen LogP contribution is -2.44. The first-order valence-electron chi connectivity index (χ1n) is 9.55. The van der Waals surface area contributed by atoms with E-state index in [2.05, 4.69) is 15.3 Å². The zero-order valence-corrected chi connectivity index (χ0v) is 17.5. The van der Waals surface area contributed by atoms with E-state index >= 15 is 0 Å². The monoisotopic (exact) mass is 407 g/mol. The molecule has 3 aromatic rings. The van der Waals surface area contributed by atoms with Gasteiger partial charge < -0.3 is 19.8 Å². The predicted molar refractivity (Wildman–Crippen MR) is 114 cm³/mol. The molecule has 2 N–H and O–H groups in total. The Morgan fingerprint density at radius 1 is 1.10 bits per heavy atom. The fraction of sp³-hybridized carbons (Fsp3) is 0.261. The molecule has 0 aliphatic heterocycles. The number of carbonyl (C=O) groups excluding carboxylic acids is 2. The van der Waals surface area contributed by atoms with Crippen LogP contribution in [0.3, 0.4) is 0 Å². The Labute approximate surface area is 175 Å². The van der Waals surface area contributed by atoms with Crippen molar-refractivity contribution in [2.45, 2.75) is 32.9 Å². The lowest BCUT2D eigenvalue weighted by Gasteiger charge is -2.23. The lowest BCUT2D eigenvalue weighted by atomic mass is 10.1. The van der Waals surface area contributed by atoms with Crippen LogP contribution in [0.25, 0.3) is 22.6 Å². The molecule has 0 atom stereocenters. The zero-order chi connectivity index (χ0) is 21.7. The second-order valence-electron chi connectivity index (χ2n) is 7.36. The van der Waals surface area contributed by atoms with E-state index in [9.17, 15) is 9.59 Å². The van der Waals surface area contributed by atoms with Gasteiger partial charge in [-0.15, -0.1) is 0 Å². The van der Waals surface area contributed by atoms with Crippen LogP contribution in [-0.2, 0) is 20.9 Å². The molecule has 0 saturated heterocycles. The van der Waals surface area contributed by atoms with E-state index in [4.69, 9.17) is 9.47 Å². The Bertz CT molecular complexity index is 1040. The molecule has 0 aliphatic rings. The van der Waals surface area contributed by atoms with Gasteiger partial charge in [0.1, 0.15) is 11.6 Å². The summed E-state index contributed by atoms with van der Waals surface area (Å²) in [7, 11) is 1.63. The molecular weight excluding hydrogens is 382 g/mol. The third-order valence-corrected chi connectivity index (χ3v) is 4.58. The molecule has 0 radical (unpaired) electrons. The highest BCUT2D eigenvalue weighted by Crippen LogP contribution is 2.24. The largest absolute Gasteiger partial charge is 0.497 e. The first kappa shape index (κ1) is 21.1. The number of carbonyl (C=O) groups is 2. The molecule has 7 nitrogen and oxygen atoms in total. The standard InChI is InChI=1S/C23H25N3O4/c1-15(27)30-23(2,3)22(28)25-13-16-6-5-7-18(12-16)21-24-14-20(26-21)17-8-10-19(29-4)11-9-17/h5-12,14H,13H2,1-4H3,(H,24,26)(H,25,28). The fourth-order valence-electron chi connectivity index (χ4n) is 3.01. The molecule has 156 valence electrons. The molecule has 3 rings (SSSR count). The zero-order valence-electron chi connectivity index (χ0n) is 17.5. The van der Waals surface area contributed by atoms with Gasteiger partial charge in [-0.25, -0.2) is 4.98 Å². The van der Waals surface area contributed by atoms with Crippen LogP contribution < -0.4 is 10.1 Å². The average Bonchev–Trinajstić information content (AvgIpc) is 3.21. The molecule has 0 aliphatic carbocycles. The number of aromatic amines is 1. The molecular formula is C23H25N3O4. The number of benzene rings is 2. The van der Waals surface area contributed by atoms with Crippen molar-refractivity contribution in [3.05, 3.63) is 60.3 Å². The summed E-state index contributed by atoms with van der Waals surface area (Å²) in [5, 5.41) is 2.81. The molecule has 1 aromatic heterocycles. The van der Waals surface area contributed by atoms with Crippen molar-refractivity contribution in [2.24, 2.45) is 0 Å². The number of nitrogens with zero attached hydrogens (tertiary/aromatic N) is 1. The summed E-state index contributed by atoms with van der Waals surface area (Å²) >= 11 is 0. The smallest absolute Gasteiger partial charge is 0.303 e. The van der Waals surface area contributed by atoms with Crippen molar-refractivity contribution >= 4 is 11.9 Å². The van der Waals surface area contributed by atoms with Gasteiger partial charge in [0.05, 0.1) is 19.0 Å². The summed E-state index contributed by atoms with van der Waals surface area (Å²) in [6, 6.07) is 15.5. The van der Waals surface area contributed by atoms with Crippen LogP contribution in [-0.4, -0.2) is 34.6 Å². The number of imidazole rings is 1. The van der Waals surface area contributed by atoms with Gasteiger partial charge in [0.15, 0.2) is 5.60 Å². The van der Waals surface area contributed by atoms with E-state index in [1.54, 1.807) is 27.2 Å². The average molecular weight is 407 g/mol. The summed E-state index contributed by atoms with van der Waals surface area (Å²) in [6.45, 7) is 4.71. The molecule has 0 bridgehead atoms. The minimum Gasteiger partial charge on any atom is -0.497 e. The predicted octanol–water partition coefficient (Wildman–Crippen LogP) is 3.71. The van der Waals surface area contributed by atoms with Crippen LogP contribution in [0.5, 0.6) is 5.75 Å². The molecule has 7 heteroatoms. The van der Waals surface area contributed by atoms with Gasteiger partial charge in [0.2, 0.25) is 0 Å². The van der Waals surface area contributed by atoms with Gasteiger partial charge >= 0.3 is 5.97 Å². The molecule has 0 unspecified atom stereocenters. The summed E-state index contributed by atoms with van der Waals surface area (Å²) < 4.78 is 10.3. The third-order valence-electron chi connectivity index (χ3n) is 4.58. The topological polar surface area (TPSA) is 93.3 Å². The Morgan fingerprint density at radius 3 is 2.50 bits per heavy atom. The maximum Gasteiger partial charge on any atom is 0.303 e. The second kappa shape index (κ2) is 8.82. The maximum atomic E-state index is 12.3. The second-order valence-corrected chi connectivity index (χ2v) is 7.36. The summed E-state index contributed by atoms with van der Waals surface area (Å²) in [6.07, 6.45) is 1.78. The van der Waals surface area contributed by atoms with Gasteiger partial charge in [0, 0.05) is 19.0 Å². The Balaban J connectivity index is 1.70. The van der Waals surface area contributed by atoms with Crippen LogP contribution in [0, 0.1) is 0 Å². The number of H-pyrrole nitrogens is 1. The number of methoxy groups -OCH3 is 1. The van der Waals surface area contributed by atoms with E-state index in [1.165, 1.54) is 6.92 Å². The molecule has 1 heterocycles. The molecule has 1 amide bonds. The fourth-order valence-corrected chi connectivity index (χ4v) is 3.01. The summed E-state index contributed by atoms with van der Waals surface area (Å²) in [4.78, 5) is 31.3. The van der Waals surface area contributed by atoms with Gasteiger partial charge in [-0.1, -0.05) is 18.2 Å². The Morgan fingerprint density at radius 2 is 1.83 bits per heavy atom. The lowest BCUT2D eigenvalue weighted by molar-refractivity contribution is -0.163. The SMILES string of the molecule is COc1ccc(-c2cnc(-c3cccc(CNC(=O)C(C)(C)OC(C)=O)c3)[nH]2)cc1. The Kier molecular flexibility index (Phi) is 6.20. The van der Waals surface area contributed by atoms with Crippen molar-refractivity contribution in [1.82, 2.24) is 15.3 Å². The van der Waals surface area contributed by atoms with E-state index in [0.717, 1.165) is 34.0 Å². The number of aromatic nitrogens is 2. The van der Waals surface area contributed by atoms with Gasteiger partial charge in [-0.2, -0.15) is 0 Å². The van der Waals surface area contributed by atoms with Crippen LogP contribution in [0.4, 0.5) is 0 Å². The molecule has 2 aromatic carbocycles. The number of rotatable bonds is 7. The number of hydrogen-bond donors (Lipinski definition) is 2. The van der Waals surface area contributed by atoms with Crippen molar-refractivity contribution in [3.8, 4) is 28.4 Å². The van der Waals surface area contributed by atoms with Gasteiger partial charge in [-0.3, -0.25) is 9.59 Å². The maximum absolute atomic E-state index is 12.3. The van der Waals surface area contributed by atoms with Gasteiger partial charge in [-0.05, 0) is 55.3 Å². The molecule has 30 heavy (non-hydrogen) atoms. The van der Waals surface area contributed by atoms with E-state index in [-0.39, 0.29) is 5.91 Å². The highest BCUT2D eigenvalue weighted by molar-refractivity contribution is 5.86. The Hall–Kier alpha value is -3.61. The van der Waals surface area contributed by atoms with Crippen molar-refractivity contribution in [2.75, 3.05) is 7.11 Å². The summed E-state index contributed by atoms with van der Waals surface area (Å²) in [5.74, 6) is 0.671. The molecule has 0 fully saturated rings. The number of amides is 1. The minimum atomic E-state index is -1.22. The van der Waals surface area contributed by atoms with E-state index in [1.807, 2.05) is 48.5 Å². The van der Waals surface area contributed by atoms with Crippen molar-refractivity contribution in [3.63, 3.8) is 0 Å². The van der Waals surface area contributed by atoms with Crippen LogP contribution in [0.2, 0.25) is 0 Å². The van der Waals surface area contributed by atoms with Gasteiger partial charge in [0.25, 0.3) is 5.91 Å². The summed E-state index contributed by atoms with van der Waals surface area (Å²) in [5.41, 5.74) is 2.49. The number of nitrogens with one attached hydrogen (secondary N) is 2. The third kappa shape index (κ3) is 5.05. The quantitative estimate of drug-likeness (QED) is 0.583. The minimum absolute atomic E-state index is 0.309. The number of esters is 1. The molecule has 0 spiro atoms. The first-order chi connectivity index (χ1) is 14.3. The van der Waals surface area contributed by atoms with Crippen LogP contribution >= 0.6 is 0 Å². The van der Waals surface area contributed by atoms with Crippen molar-refractivity contribution in [1.29, 1.82) is 0 Å². The number of hydrogen-bond acceptors (Lipinski definition) is 5. The van der Waals surface area contributed by atoms with Crippen LogP contribution in [0.15, 0.2) is 54.7 Å². The normalized spacial score (nSPS) is 11.1. The number of ether oxygens (including phenoxy) is 2.